The van der Waals surface area contributed by atoms with Crippen molar-refractivity contribution in [3.63, 3.8) is 0 Å². The number of rotatable bonds is 0. The minimum atomic E-state index is 0.663. The molecule has 0 aliphatic heterocycles. The Balaban J connectivity index is 0. The van der Waals surface area contributed by atoms with Gasteiger partial charge in [0.1, 0.15) is 0 Å². The highest BCUT2D eigenvalue weighted by Crippen LogP contribution is 2.33. The topological polar surface area (TPSA) is 0 Å². The van der Waals surface area contributed by atoms with Crippen molar-refractivity contribution in [2.45, 2.75) is 93.4 Å². The average Bonchev–Trinajstić information content (AvgIpc) is 2.29. The summed E-state index contributed by atoms with van der Waals surface area (Å²) in [6.07, 6.45) is 10.0. The average molecular weight is 228 g/mol. The summed E-state index contributed by atoms with van der Waals surface area (Å²) in [6, 6.07) is 0. The molecule has 1 saturated carbocycles. The Kier molecular flexibility index (Phi) is 13.2. The van der Waals surface area contributed by atoms with E-state index in [1.54, 1.807) is 0 Å². The SMILES string of the molecule is CC(C)C.CC1(C)CCCCCC1.CCC. The molecule has 0 aromatic rings. The third-order valence-electron chi connectivity index (χ3n) is 2.46. The molecule has 0 heteroatoms. The third-order valence-corrected chi connectivity index (χ3v) is 2.46. The lowest BCUT2D eigenvalue weighted by Gasteiger charge is -2.21. The van der Waals surface area contributed by atoms with Gasteiger partial charge in [0, 0.05) is 0 Å². The standard InChI is InChI=1S/C9H18.C4H10.C3H8/c1-9(2)7-5-3-4-6-8-9;1-4(2)3;1-3-2/h3-8H2,1-2H3;4H,1-3H3;3H2,1-2H3. The van der Waals surface area contributed by atoms with Gasteiger partial charge in [-0.1, -0.05) is 80.6 Å². The van der Waals surface area contributed by atoms with Gasteiger partial charge in [-0.3, -0.25) is 0 Å². The smallest absolute Gasteiger partial charge is 0.0354 e. The zero-order chi connectivity index (χ0) is 13.0. The molecule has 0 amide bonds. The van der Waals surface area contributed by atoms with Crippen LogP contribution in [-0.4, -0.2) is 0 Å². The Hall–Kier alpha value is 0. The highest BCUT2D eigenvalue weighted by molar-refractivity contribution is 4.71. The molecule has 0 N–H and O–H groups in total. The van der Waals surface area contributed by atoms with E-state index in [1.165, 1.54) is 44.9 Å². The van der Waals surface area contributed by atoms with Crippen LogP contribution >= 0.6 is 0 Å². The fraction of sp³-hybridized carbons (Fsp3) is 1.00. The Morgan fingerprint density at radius 3 is 1.31 bits per heavy atom. The van der Waals surface area contributed by atoms with Crippen LogP contribution in [0.1, 0.15) is 93.4 Å². The highest BCUT2D eigenvalue weighted by atomic mass is 14.2. The lowest BCUT2D eigenvalue weighted by atomic mass is 9.85. The van der Waals surface area contributed by atoms with Crippen LogP contribution in [0, 0.1) is 11.3 Å². The Bertz CT molecular complexity index is 109. The van der Waals surface area contributed by atoms with E-state index in [1.807, 2.05) is 0 Å². The Morgan fingerprint density at radius 1 is 0.812 bits per heavy atom. The molecule has 0 aromatic carbocycles. The molecule has 0 saturated heterocycles. The molecule has 0 spiro atoms. The second-order valence-corrected chi connectivity index (χ2v) is 6.52. The van der Waals surface area contributed by atoms with E-state index < -0.39 is 0 Å². The first-order chi connectivity index (χ1) is 7.35. The lowest BCUT2D eigenvalue weighted by molar-refractivity contribution is 0.314. The van der Waals surface area contributed by atoms with Gasteiger partial charge in [-0.15, -0.1) is 0 Å². The summed E-state index contributed by atoms with van der Waals surface area (Å²) in [5.74, 6) is 0.833. The van der Waals surface area contributed by atoms with E-state index in [0.717, 1.165) is 5.92 Å². The van der Waals surface area contributed by atoms with Crippen molar-refractivity contribution in [3.8, 4) is 0 Å². The van der Waals surface area contributed by atoms with E-state index in [9.17, 15) is 0 Å². The predicted molar refractivity (Wildman–Crippen MR) is 78.0 cm³/mol. The summed E-state index contributed by atoms with van der Waals surface area (Å²) in [7, 11) is 0. The molecule has 0 bridgehead atoms. The molecule has 16 heavy (non-hydrogen) atoms. The Morgan fingerprint density at radius 2 is 1.06 bits per heavy atom. The van der Waals surface area contributed by atoms with E-state index in [0.29, 0.717) is 5.41 Å². The lowest BCUT2D eigenvalue weighted by Crippen LogP contribution is -2.08. The minimum absolute atomic E-state index is 0.663. The van der Waals surface area contributed by atoms with Crippen LogP contribution in [0.2, 0.25) is 0 Å². The van der Waals surface area contributed by atoms with E-state index in [2.05, 4.69) is 48.5 Å². The van der Waals surface area contributed by atoms with Gasteiger partial charge < -0.3 is 0 Å². The second-order valence-electron chi connectivity index (χ2n) is 6.52. The molecule has 0 aromatic heterocycles. The van der Waals surface area contributed by atoms with Crippen LogP contribution in [0.15, 0.2) is 0 Å². The maximum atomic E-state index is 2.40. The summed E-state index contributed by atoms with van der Waals surface area (Å²) in [5, 5.41) is 0. The van der Waals surface area contributed by atoms with Crippen molar-refractivity contribution in [1.82, 2.24) is 0 Å². The highest BCUT2D eigenvalue weighted by Gasteiger charge is 2.18. The van der Waals surface area contributed by atoms with Gasteiger partial charge in [-0.05, 0) is 24.2 Å². The van der Waals surface area contributed by atoms with Crippen molar-refractivity contribution < 1.29 is 0 Å². The van der Waals surface area contributed by atoms with Crippen LogP contribution in [-0.2, 0) is 0 Å². The summed E-state index contributed by atoms with van der Waals surface area (Å²) < 4.78 is 0. The van der Waals surface area contributed by atoms with E-state index in [-0.39, 0.29) is 0 Å². The first-order valence-electron chi connectivity index (χ1n) is 7.35. The molecule has 0 nitrogen and oxygen atoms in total. The predicted octanol–water partition coefficient (Wildman–Crippen LogP) is 6.45. The van der Waals surface area contributed by atoms with Crippen LogP contribution in [0.25, 0.3) is 0 Å². The van der Waals surface area contributed by atoms with Gasteiger partial charge in [-0.2, -0.15) is 0 Å². The van der Waals surface area contributed by atoms with Crippen molar-refractivity contribution in [2.24, 2.45) is 11.3 Å². The minimum Gasteiger partial charge on any atom is -0.0656 e. The fourth-order valence-corrected chi connectivity index (χ4v) is 1.69. The molecule has 0 unspecified atom stereocenters. The summed E-state index contributed by atoms with van der Waals surface area (Å²) in [4.78, 5) is 0. The van der Waals surface area contributed by atoms with Crippen LogP contribution in [0.3, 0.4) is 0 Å². The molecule has 1 fully saturated rings. The molecule has 0 radical (unpaired) electrons. The van der Waals surface area contributed by atoms with Gasteiger partial charge in [0.15, 0.2) is 0 Å². The third kappa shape index (κ3) is 19.6. The van der Waals surface area contributed by atoms with Gasteiger partial charge >= 0.3 is 0 Å². The van der Waals surface area contributed by atoms with Gasteiger partial charge in [0.2, 0.25) is 0 Å². The van der Waals surface area contributed by atoms with Crippen molar-refractivity contribution in [1.29, 1.82) is 0 Å². The first-order valence-corrected chi connectivity index (χ1v) is 7.35. The van der Waals surface area contributed by atoms with Crippen LogP contribution in [0.4, 0.5) is 0 Å². The second kappa shape index (κ2) is 11.5. The summed E-state index contributed by atoms with van der Waals surface area (Å²) in [6.45, 7) is 15.6. The first kappa shape index (κ1) is 18.4. The van der Waals surface area contributed by atoms with Crippen molar-refractivity contribution in [2.75, 3.05) is 0 Å². The van der Waals surface area contributed by atoms with E-state index >= 15 is 0 Å². The molecule has 1 rings (SSSR count). The molecular formula is C16H36. The molecule has 0 atom stereocenters. The van der Waals surface area contributed by atoms with Crippen LogP contribution < -0.4 is 0 Å². The fourth-order valence-electron chi connectivity index (χ4n) is 1.69. The van der Waals surface area contributed by atoms with Crippen molar-refractivity contribution in [3.05, 3.63) is 0 Å². The molecule has 0 heterocycles. The quantitative estimate of drug-likeness (QED) is 0.418. The number of hydrogen-bond donors (Lipinski definition) is 0. The van der Waals surface area contributed by atoms with Crippen molar-refractivity contribution >= 4 is 0 Å². The molecular weight excluding hydrogens is 192 g/mol. The maximum Gasteiger partial charge on any atom is -0.0354 e. The van der Waals surface area contributed by atoms with Crippen LogP contribution in [0.5, 0.6) is 0 Å². The van der Waals surface area contributed by atoms with Gasteiger partial charge in [0.25, 0.3) is 0 Å². The largest absolute Gasteiger partial charge is 0.0656 e. The maximum absolute atomic E-state index is 2.40. The van der Waals surface area contributed by atoms with E-state index in [4.69, 9.17) is 0 Å². The molecule has 100 valence electrons. The zero-order valence-corrected chi connectivity index (χ0v) is 13.0. The monoisotopic (exact) mass is 228 g/mol. The molecule has 1 aliphatic carbocycles. The normalized spacial score (nSPS) is 18.8. The van der Waals surface area contributed by atoms with Gasteiger partial charge in [0.05, 0.1) is 0 Å². The Labute approximate surface area is 105 Å². The van der Waals surface area contributed by atoms with Gasteiger partial charge in [-0.25, -0.2) is 0 Å². The molecule has 1 aliphatic rings. The summed E-state index contributed by atoms with van der Waals surface area (Å²) >= 11 is 0. The summed E-state index contributed by atoms with van der Waals surface area (Å²) in [5.41, 5.74) is 0.663. The zero-order valence-electron chi connectivity index (χ0n) is 13.0. The number of hydrogen-bond acceptors (Lipinski definition) is 0.